The molecule has 0 saturated carbocycles. The van der Waals surface area contributed by atoms with Gasteiger partial charge in [-0.3, -0.25) is 14.6 Å². The maximum absolute atomic E-state index is 13.9. The smallest absolute Gasteiger partial charge is 0.333 e. The third-order valence-corrected chi connectivity index (χ3v) is 7.96. The van der Waals surface area contributed by atoms with Crippen molar-refractivity contribution in [3.8, 4) is 0 Å². The van der Waals surface area contributed by atoms with E-state index in [-0.39, 0.29) is 43.9 Å². The number of benzene rings is 2. The van der Waals surface area contributed by atoms with Crippen LogP contribution in [0.25, 0.3) is 0 Å². The van der Waals surface area contributed by atoms with Gasteiger partial charge < -0.3 is 15.1 Å². The average molecular weight is 596 g/mol. The molecule has 0 bridgehead atoms. The lowest BCUT2D eigenvalue weighted by atomic mass is 10.00. The van der Waals surface area contributed by atoms with Crippen LogP contribution in [0.3, 0.4) is 0 Å². The number of carbonyl (C=O) groups is 3. The second-order valence-electron chi connectivity index (χ2n) is 11.0. The molecule has 2 heterocycles. The van der Waals surface area contributed by atoms with E-state index in [0.29, 0.717) is 25.1 Å². The van der Waals surface area contributed by atoms with Gasteiger partial charge in [0.1, 0.15) is 12.2 Å². The van der Waals surface area contributed by atoms with E-state index in [1.165, 1.54) is 16.0 Å². The van der Waals surface area contributed by atoms with Gasteiger partial charge in [0.25, 0.3) is 0 Å². The Hall–Kier alpha value is -4.12. The van der Waals surface area contributed by atoms with Crippen LogP contribution in [-0.2, 0) is 28.7 Å². The molecular weight excluding hydrogens is 559 g/mol. The van der Waals surface area contributed by atoms with E-state index in [1.807, 2.05) is 43.3 Å². The van der Waals surface area contributed by atoms with Crippen LogP contribution in [0.1, 0.15) is 42.9 Å². The molecule has 43 heavy (non-hydrogen) atoms. The first kappa shape index (κ1) is 30.3. The van der Waals surface area contributed by atoms with Crippen molar-refractivity contribution in [3.63, 3.8) is 0 Å². The fourth-order valence-electron chi connectivity index (χ4n) is 5.92. The van der Waals surface area contributed by atoms with Gasteiger partial charge in [-0.15, -0.1) is 0 Å². The number of allylic oxidation sites excluding steroid dienone is 2. The maximum atomic E-state index is 13.9. The normalized spacial score (nSPS) is 20.7. The molecule has 4 amide bonds. The number of hydrazine groups is 1. The van der Waals surface area contributed by atoms with Gasteiger partial charge in [-0.1, -0.05) is 67.6 Å². The third kappa shape index (κ3) is 6.93. The Morgan fingerprint density at radius 2 is 1.81 bits per heavy atom. The van der Waals surface area contributed by atoms with E-state index < -0.39 is 23.9 Å². The third-order valence-electron chi connectivity index (χ3n) is 7.96. The predicted molar refractivity (Wildman–Crippen MR) is 155 cm³/mol. The van der Waals surface area contributed by atoms with Crippen LogP contribution in [-0.4, -0.2) is 76.0 Å². The number of piperazine rings is 1. The van der Waals surface area contributed by atoms with Gasteiger partial charge in [-0.05, 0) is 48.1 Å². The van der Waals surface area contributed by atoms with Gasteiger partial charge in [-0.25, -0.2) is 4.79 Å². The molecular formula is C32H36F3N5O3. The van der Waals surface area contributed by atoms with E-state index >= 15 is 0 Å². The zero-order chi connectivity index (χ0) is 30.6. The van der Waals surface area contributed by atoms with E-state index in [2.05, 4.69) is 17.5 Å². The highest BCUT2D eigenvalue weighted by atomic mass is 19.4. The molecule has 2 fully saturated rings. The standard InChI is InChI=1S/C32H36F3N5O3/c1-2-16-38(31(43)36-19-24-12-7-4-8-13-24)39-22-29(41)40-27(18-23-10-5-3-6-11-23)30(42)37(21-28(39)40)20-25-14-9-15-26(17-25)32(33,34)35/h3,5-7,9-15,17,27-28H,2,4,8,16,18-22H2,1H3,(H,36,43)/t27-,28+/m0/s1. The monoisotopic (exact) mass is 595 g/mol. The lowest BCUT2D eigenvalue weighted by Gasteiger charge is -2.46. The zero-order valence-electron chi connectivity index (χ0n) is 24.1. The minimum atomic E-state index is -4.51. The van der Waals surface area contributed by atoms with Crippen molar-refractivity contribution in [2.45, 2.75) is 57.5 Å². The Kier molecular flexibility index (Phi) is 9.19. The minimum Gasteiger partial charge on any atom is -0.333 e. The summed E-state index contributed by atoms with van der Waals surface area (Å²) in [6.45, 7) is 2.54. The molecule has 0 aromatic heterocycles. The number of urea groups is 1. The number of halogens is 3. The SMILES string of the molecule is CCCN(C(=O)NCC1=CCCC=C1)N1CC(=O)N2[C@@H](Cc3ccccc3)C(=O)N(Cc3cccc(C(F)(F)F)c3)C[C@@H]21. The van der Waals surface area contributed by atoms with E-state index in [4.69, 9.17) is 0 Å². The molecule has 2 aliphatic heterocycles. The van der Waals surface area contributed by atoms with Crippen molar-refractivity contribution in [1.29, 1.82) is 0 Å². The van der Waals surface area contributed by atoms with E-state index in [0.717, 1.165) is 36.1 Å². The van der Waals surface area contributed by atoms with Crippen molar-refractivity contribution < 1.29 is 27.6 Å². The maximum Gasteiger partial charge on any atom is 0.416 e. The molecule has 228 valence electrons. The van der Waals surface area contributed by atoms with Gasteiger partial charge in [0.2, 0.25) is 11.8 Å². The van der Waals surface area contributed by atoms with Crippen molar-refractivity contribution >= 4 is 17.8 Å². The summed E-state index contributed by atoms with van der Waals surface area (Å²) in [5.41, 5.74) is 1.41. The summed E-state index contributed by atoms with van der Waals surface area (Å²) in [5, 5.41) is 6.20. The second kappa shape index (κ2) is 13.0. The number of hydrogen-bond acceptors (Lipinski definition) is 4. The second-order valence-corrected chi connectivity index (χ2v) is 11.0. The summed E-state index contributed by atoms with van der Waals surface area (Å²) in [4.78, 5) is 44.0. The molecule has 11 heteroatoms. The predicted octanol–water partition coefficient (Wildman–Crippen LogP) is 4.74. The molecule has 1 N–H and O–H groups in total. The largest absolute Gasteiger partial charge is 0.416 e. The van der Waals surface area contributed by atoms with Crippen molar-refractivity contribution in [3.05, 3.63) is 95.1 Å². The lowest BCUT2D eigenvalue weighted by molar-refractivity contribution is -0.157. The molecule has 2 atom stereocenters. The van der Waals surface area contributed by atoms with Gasteiger partial charge >= 0.3 is 12.2 Å². The van der Waals surface area contributed by atoms with Crippen LogP contribution in [0.4, 0.5) is 18.0 Å². The Morgan fingerprint density at radius 1 is 1.05 bits per heavy atom. The molecule has 0 unspecified atom stereocenters. The van der Waals surface area contributed by atoms with Crippen molar-refractivity contribution in [2.75, 3.05) is 26.2 Å². The summed E-state index contributed by atoms with van der Waals surface area (Å²) in [6, 6.07) is 13.0. The van der Waals surface area contributed by atoms with E-state index in [9.17, 15) is 27.6 Å². The van der Waals surface area contributed by atoms with Crippen molar-refractivity contribution in [1.82, 2.24) is 25.1 Å². The number of rotatable bonds is 9. The molecule has 2 aromatic carbocycles. The highest BCUT2D eigenvalue weighted by Crippen LogP contribution is 2.32. The summed E-state index contributed by atoms with van der Waals surface area (Å²) < 4.78 is 40.3. The molecule has 0 spiro atoms. The lowest BCUT2D eigenvalue weighted by Crippen LogP contribution is -2.66. The number of hydrogen-bond donors (Lipinski definition) is 1. The average Bonchev–Trinajstić information content (AvgIpc) is 3.32. The molecule has 5 rings (SSSR count). The highest BCUT2D eigenvalue weighted by molar-refractivity contribution is 5.91. The first-order chi connectivity index (χ1) is 20.7. The number of nitrogens with zero attached hydrogens (tertiary/aromatic N) is 4. The topological polar surface area (TPSA) is 76.2 Å². The van der Waals surface area contributed by atoms with Crippen LogP contribution < -0.4 is 5.32 Å². The first-order valence-electron chi connectivity index (χ1n) is 14.6. The fourth-order valence-corrected chi connectivity index (χ4v) is 5.92. The number of amides is 4. The number of fused-ring (bicyclic) bond motifs is 1. The highest BCUT2D eigenvalue weighted by Gasteiger charge is 2.52. The zero-order valence-corrected chi connectivity index (χ0v) is 24.1. The Labute approximate surface area is 249 Å². The molecule has 2 aromatic rings. The summed E-state index contributed by atoms with van der Waals surface area (Å²) in [7, 11) is 0. The van der Waals surface area contributed by atoms with Crippen LogP contribution in [0, 0.1) is 0 Å². The summed E-state index contributed by atoms with van der Waals surface area (Å²) in [5.74, 6) is -0.611. The van der Waals surface area contributed by atoms with Gasteiger partial charge in [0.05, 0.1) is 18.7 Å². The Bertz CT molecular complexity index is 1390. The first-order valence-corrected chi connectivity index (χ1v) is 14.6. The molecule has 2 saturated heterocycles. The molecule has 0 radical (unpaired) electrons. The van der Waals surface area contributed by atoms with Crippen LogP contribution >= 0.6 is 0 Å². The molecule has 3 aliphatic rings. The van der Waals surface area contributed by atoms with Gasteiger partial charge in [0, 0.05) is 26.1 Å². The summed E-state index contributed by atoms with van der Waals surface area (Å²) >= 11 is 0. The van der Waals surface area contributed by atoms with Gasteiger partial charge in [-0.2, -0.15) is 18.2 Å². The molecule has 8 nitrogen and oxygen atoms in total. The number of alkyl halides is 3. The van der Waals surface area contributed by atoms with Crippen LogP contribution in [0.15, 0.2) is 78.4 Å². The fraction of sp³-hybridized carbons (Fsp3) is 0.406. The Morgan fingerprint density at radius 3 is 2.51 bits per heavy atom. The number of carbonyl (C=O) groups excluding carboxylic acids is 3. The van der Waals surface area contributed by atoms with Crippen LogP contribution in [0.2, 0.25) is 0 Å². The summed E-state index contributed by atoms with van der Waals surface area (Å²) in [6.07, 6.45) is 3.72. The number of nitrogens with one attached hydrogen (secondary N) is 1. The van der Waals surface area contributed by atoms with Gasteiger partial charge in [0.15, 0.2) is 0 Å². The van der Waals surface area contributed by atoms with Crippen LogP contribution in [0.5, 0.6) is 0 Å². The van der Waals surface area contributed by atoms with E-state index in [1.54, 1.807) is 16.0 Å². The Balaban J connectivity index is 1.43. The minimum absolute atomic E-state index is 0.0491. The quantitative estimate of drug-likeness (QED) is 0.455. The van der Waals surface area contributed by atoms with Crippen molar-refractivity contribution in [2.24, 2.45) is 0 Å². The molecule has 1 aliphatic carbocycles.